The molecule has 0 unspecified atom stereocenters. The van der Waals surface area contributed by atoms with Gasteiger partial charge >= 0.3 is 58.2 Å². The summed E-state index contributed by atoms with van der Waals surface area (Å²) in [6.45, 7) is 0.150. The van der Waals surface area contributed by atoms with Gasteiger partial charge in [0.2, 0.25) is 0 Å². The SMILES string of the molecule is O=Cc1c(O)cccc1OCc1ccc(C(=O)[O-])cc1.[Rb+]. The number of hydrogen-bond donors (Lipinski definition) is 1. The molecule has 0 aliphatic carbocycles. The molecule has 1 N–H and O–H groups in total. The summed E-state index contributed by atoms with van der Waals surface area (Å²) in [6.07, 6.45) is 0.518. The fraction of sp³-hybridized carbons (Fsp3) is 0.0667. The maximum absolute atomic E-state index is 10.9. The fourth-order valence-corrected chi connectivity index (χ4v) is 1.67. The molecule has 0 radical (unpaired) electrons. The fourth-order valence-electron chi connectivity index (χ4n) is 1.67. The first-order chi connectivity index (χ1) is 9.61. The number of carboxylic acids is 1. The average Bonchev–Trinajstić information content (AvgIpc) is 2.45. The molecule has 0 aliphatic heterocycles. The average molecular weight is 357 g/mol. The van der Waals surface area contributed by atoms with E-state index in [2.05, 4.69) is 0 Å². The van der Waals surface area contributed by atoms with Crippen molar-refractivity contribution in [1.82, 2.24) is 0 Å². The molecule has 0 aliphatic rings. The van der Waals surface area contributed by atoms with Crippen LogP contribution < -0.4 is 68.0 Å². The molecule has 2 rings (SSSR count). The molecule has 2 aromatic carbocycles. The normalized spacial score (nSPS) is 9.52. The van der Waals surface area contributed by atoms with E-state index in [4.69, 9.17) is 4.74 Å². The number of ether oxygens (including phenoxy) is 1. The summed E-state index contributed by atoms with van der Waals surface area (Å²) in [6, 6.07) is 10.5. The summed E-state index contributed by atoms with van der Waals surface area (Å²) in [5, 5.41) is 20.1. The number of phenolic OH excluding ortho intramolecular Hbond substituents is 1. The number of carbonyl (C=O) groups excluding carboxylic acids is 2. The van der Waals surface area contributed by atoms with E-state index in [1.165, 1.54) is 18.2 Å². The van der Waals surface area contributed by atoms with Gasteiger partial charge < -0.3 is 19.7 Å². The van der Waals surface area contributed by atoms with Crippen LogP contribution in [0.15, 0.2) is 42.5 Å². The van der Waals surface area contributed by atoms with E-state index in [-0.39, 0.29) is 87.4 Å². The Morgan fingerprint density at radius 3 is 2.43 bits per heavy atom. The van der Waals surface area contributed by atoms with E-state index in [1.54, 1.807) is 24.3 Å². The van der Waals surface area contributed by atoms with Gasteiger partial charge in [-0.1, -0.05) is 30.3 Å². The van der Waals surface area contributed by atoms with Crippen molar-refractivity contribution < 1.29 is 82.7 Å². The number of carboxylic acid groups (broad SMARTS) is 1. The number of rotatable bonds is 5. The van der Waals surface area contributed by atoms with Gasteiger partial charge in [-0.25, -0.2) is 0 Å². The van der Waals surface area contributed by atoms with E-state index in [1.807, 2.05) is 0 Å². The number of phenols is 1. The zero-order valence-electron chi connectivity index (χ0n) is 11.4. The van der Waals surface area contributed by atoms with Crippen molar-refractivity contribution in [1.29, 1.82) is 0 Å². The molecule has 0 saturated heterocycles. The largest absolute Gasteiger partial charge is 1.00 e. The van der Waals surface area contributed by atoms with Gasteiger partial charge in [-0.2, -0.15) is 0 Å². The van der Waals surface area contributed by atoms with Crippen LogP contribution in [0, 0.1) is 0 Å². The quantitative estimate of drug-likeness (QED) is 0.636. The van der Waals surface area contributed by atoms with Crippen LogP contribution in [0.4, 0.5) is 0 Å². The Bertz CT molecular complexity index is 637. The van der Waals surface area contributed by atoms with Crippen LogP contribution in [0.2, 0.25) is 0 Å². The van der Waals surface area contributed by atoms with Crippen LogP contribution in [-0.2, 0) is 6.61 Å². The molecular formula is C15H11O5Rb. The van der Waals surface area contributed by atoms with E-state index in [9.17, 15) is 19.8 Å². The van der Waals surface area contributed by atoms with Gasteiger partial charge in [0.1, 0.15) is 18.1 Å². The number of aldehydes is 1. The molecule has 0 heterocycles. The van der Waals surface area contributed by atoms with Crippen LogP contribution in [-0.4, -0.2) is 17.4 Å². The Balaban J connectivity index is 0.00000220. The van der Waals surface area contributed by atoms with Crippen molar-refractivity contribution in [2.75, 3.05) is 0 Å². The van der Waals surface area contributed by atoms with Crippen molar-refractivity contribution in [3.05, 3.63) is 59.2 Å². The monoisotopic (exact) mass is 356 g/mol. The van der Waals surface area contributed by atoms with Gasteiger partial charge in [-0.15, -0.1) is 0 Å². The van der Waals surface area contributed by atoms with Gasteiger partial charge in [0, 0.05) is 0 Å². The van der Waals surface area contributed by atoms with Gasteiger partial charge in [0.05, 0.1) is 11.5 Å². The molecule has 0 spiro atoms. The topological polar surface area (TPSA) is 86.7 Å². The molecule has 0 amide bonds. The second-order valence-electron chi connectivity index (χ2n) is 4.08. The number of benzene rings is 2. The molecule has 21 heavy (non-hydrogen) atoms. The zero-order valence-corrected chi connectivity index (χ0v) is 16.3. The Labute approximate surface area is 170 Å². The molecule has 5 nitrogen and oxygen atoms in total. The number of aromatic hydroxyl groups is 1. The standard InChI is InChI=1S/C15H12O5.Rb/c16-8-12-13(17)2-1-3-14(12)20-9-10-4-6-11(7-5-10)15(18)19;/h1-8,17H,9H2,(H,18,19);/q;+1/p-1. The predicted octanol–water partition coefficient (Wildman–Crippen LogP) is -1.85. The summed E-state index contributed by atoms with van der Waals surface area (Å²) >= 11 is 0. The Morgan fingerprint density at radius 2 is 1.86 bits per heavy atom. The Morgan fingerprint density at radius 1 is 1.19 bits per heavy atom. The molecular weight excluding hydrogens is 346 g/mol. The number of carbonyl (C=O) groups is 2. The van der Waals surface area contributed by atoms with E-state index >= 15 is 0 Å². The summed E-state index contributed by atoms with van der Waals surface area (Å²) in [7, 11) is 0. The molecule has 6 heteroatoms. The molecule has 0 fully saturated rings. The molecule has 102 valence electrons. The third-order valence-corrected chi connectivity index (χ3v) is 2.74. The first-order valence-electron chi connectivity index (χ1n) is 5.82. The van der Waals surface area contributed by atoms with Crippen LogP contribution in [0.25, 0.3) is 0 Å². The van der Waals surface area contributed by atoms with Crippen molar-refractivity contribution in [3.63, 3.8) is 0 Å². The zero-order chi connectivity index (χ0) is 14.5. The van der Waals surface area contributed by atoms with Gasteiger partial charge in [-0.3, -0.25) is 4.79 Å². The van der Waals surface area contributed by atoms with Crippen LogP contribution in [0.3, 0.4) is 0 Å². The van der Waals surface area contributed by atoms with Crippen LogP contribution in [0.1, 0.15) is 26.3 Å². The Hall–Kier alpha value is -1.01. The third kappa shape index (κ3) is 4.74. The van der Waals surface area contributed by atoms with Crippen molar-refractivity contribution in [2.45, 2.75) is 6.61 Å². The minimum Gasteiger partial charge on any atom is -0.545 e. The van der Waals surface area contributed by atoms with Gasteiger partial charge in [-0.05, 0) is 23.3 Å². The first-order valence-corrected chi connectivity index (χ1v) is 5.82. The maximum Gasteiger partial charge on any atom is 1.00 e. The maximum atomic E-state index is 10.9. The first kappa shape index (κ1) is 18.0. The van der Waals surface area contributed by atoms with Crippen LogP contribution in [0.5, 0.6) is 11.5 Å². The third-order valence-electron chi connectivity index (χ3n) is 2.74. The van der Waals surface area contributed by atoms with Gasteiger partial charge in [0.25, 0.3) is 0 Å². The number of aromatic carboxylic acids is 1. The minimum atomic E-state index is -1.24. The summed E-state index contributed by atoms with van der Waals surface area (Å²) in [4.78, 5) is 21.5. The summed E-state index contributed by atoms with van der Waals surface area (Å²) in [5.41, 5.74) is 0.897. The second-order valence-corrected chi connectivity index (χ2v) is 4.08. The van der Waals surface area contributed by atoms with Crippen molar-refractivity contribution >= 4 is 12.3 Å². The van der Waals surface area contributed by atoms with Gasteiger partial charge in [0.15, 0.2) is 6.29 Å². The smallest absolute Gasteiger partial charge is 0.545 e. The second kappa shape index (κ2) is 8.43. The predicted molar refractivity (Wildman–Crippen MR) is 68.6 cm³/mol. The van der Waals surface area contributed by atoms with Crippen molar-refractivity contribution in [2.24, 2.45) is 0 Å². The van der Waals surface area contributed by atoms with Crippen LogP contribution >= 0.6 is 0 Å². The molecule has 2 aromatic rings. The van der Waals surface area contributed by atoms with Crippen molar-refractivity contribution in [3.8, 4) is 11.5 Å². The van der Waals surface area contributed by atoms with E-state index < -0.39 is 5.97 Å². The minimum absolute atomic E-state index is 0. The van der Waals surface area contributed by atoms with E-state index in [0.29, 0.717) is 6.29 Å². The molecule has 0 saturated carbocycles. The number of hydrogen-bond acceptors (Lipinski definition) is 5. The summed E-state index contributed by atoms with van der Waals surface area (Å²) < 4.78 is 5.44. The molecule has 0 aromatic heterocycles. The summed E-state index contributed by atoms with van der Waals surface area (Å²) in [5.74, 6) is -1.12. The molecule has 0 bridgehead atoms. The Kier molecular flexibility index (Phi) is 7.24. The molecule has 0 atom stereocenters. The van der Waals surface area contributed by atoms with E-state index in [0.717, 1.165) is 5.56 Å².